The van der Waals surface area contributed by atoms with Gasteiger partial charge in [0.2, 0.25) is 5.95 Å². The van der Waals surface area contributed by atoms with Gasteiger partial charge in [0.05, 0.1) is 6.21 Å². The van der Waals surface area contributed by atoms with Crippen LogP contribution in [0.3, 0.4) is 0 Å². The number of fused-ring (bicyclic) bond motifs is 1. The Bertz CT molecular complexity index is 1150. The Labute approximate surface area is 163 Å². The molecular weight excluding hydrogens is 391 g/mol. The largest absolute Gasteiger partial charge is 0.329 e. The van der Waals surface area contributed by atoms with Gasteiger partial charge in [-0.1, -0.05) is 41.4 Å². The molecule has 0 saturated heterocycles. The summed E-state index contributed by atoms with van der Waals surface area (Å²) in [6, 6.07) is 7.12. The Morgan fingerprint density at radius 3 is 2.70 bits per heavy atom. The summed E-state index contributed by atoms with van der Waals surface area (Å²) in [5, 5.41) is 5.35. The van der Waals surface area contributed by atoms with E-state index in [1.807, 2.05) is 12.1 Å². The van der Waals surface area contributed by atoms with Gasteiger partial charge < -0.3 is 0 Å². The number of benzene rings is 1. The Morgan fingerprint density at radius 1 is 1.33 bits per heavy atom. The smallest absolute Gasteiger partial charge is 0.299 e. The molecule has 0 aliphatic rings. The lowest BCUT2D eigenvalue weighted by atomic mass is 10.2. The third kappa shape index (κ3) is 4.12. The summed E-state index contributed by atoms with van der Waals surface area (Å²) < 4.78 is 2.86. The number of aromatic nitrogens is 4. The quantitative estimate of drug-likeness (QED) is 0.502. The summed E-state index contributed by atoms with van der Waals surface area (Å²) >= 11 is 11.8. The molecule has 10 heteroatoms. The van der Waals surface area contributed by atoms with Gasteiger partial charge >= 0.3 is 5.69 Å². The van der Waals surface area contributed by atoms with E-state index in [1.54, 1.807) is 35.9 Å². The summed E-state index contributed by atoms with van der Waals surface area (Å²) in [4.78, 5) is 30.7. The first-order valence-electron chi connectivity index (χ1n) is 7.93. The van der Waals surface area contributed by atoms with Crippen LogP contribution < -0.4 is 16.7 Å². The number of imidazole rings is 1. The molecule has 0 saturated carbocycles. The highest BCUT2D eigenvalue weighted by Gasteiger charge is 2.16. The second-order valence-electron chi connectivity index (χ2n) is 5.75. The summed E-state index contributed by atoms with van der Waals surface area (Å²) in [6.45, 7) is 2.01. The molecule has 0 aliphatic carbocycles. The van der Waals surface area contributed by atoms with Gasteiger partial charge in [0, 0.05) is 23.6 Å². The van der Waals surface area contributed by atoms with E-state index in [1.165, 1.54) is 11.6 Å². The minimum Gasteiger partial charge on any atom is -0.299 e. The van der Waals surface area contributed by atoms with Crippen LogP contribution in [0, 0.1) is 0 Å². The molecule has 3 rings (SSSR count). The molecule has 140 valence electrons. The Kier molecular flexibility index (Phi) is 5.48. The molecular formula is C17H16Cl2N6O2. The van der Waals surface area contributed by atoms with Crippen molar-refractivity contribution < 1.29 is 0 Å². The number of nitrogens with one attached hydrogen (secondary N) is 2. The highest BCUT2D eigenvalue weighted by molar-refractivity contribution is 6.30. The van der Waals surface area contributed by atoms with E-state index >= 15 is 0 Å². The van der Waals surface area contributed by atoms with Crippen molar-refractivity contribution >= 4 is 46.5 Å². The number of hydrazone groups is 1. The number of allylic oxidation sites excluding steroid dienone is 2. The molecule has 2 heterocycles. The van der Waals surface area contributed by atoms with Crippen LogP contribution in [0.25, 0.3) is 11.2 Å². The number of H-pyrrole nitrogens is 1. The molecule has 2 N–H and O–H groups in total. The van der Waals surface area contributed by atoms with Crippen LogP contribution in [0.5, 0.6) is 0 Å². The minimum absolute atomic E-state index is 0.244. The van der Waals surface area contributed by atoms with Crippen molar-refractivity contribution in [2.45, 2.75) is 13.5 Å². The maximum atomic E-state index is 12.3. The van der Waals surface area contributed by atoms with Gasteiger partial charge in [0.15, 0.2) is 11.2 Å². The molecule has 0 aliphatic heterocycles. The lowest BCUT2D eigenvalue weighted by Gasteiger charge is -2.05. The number of aromatic amines is 1. The fourth-order valence-electron chi connectivity index (χ4n) is 2.43. The number of aryl methyl sites for hydroxylation is 1. The fraction of sp³-hybridized carbons (Fsp3) is 0.176. The molecule has 0 unspecified atom stereocenters. The molecule has 2 aromatic heterocycles. The summed E-state index contributed by atoms with van der Waals surface area (Å²) in [5.74, 6) is 0.302. The lowest BCUT2D eigenvalue weighted by molar-refractivity contribution is 0.818. The van der Waals surface area contributed by atoms with E-state index < -0.39 is 11.2 Å². The van der Waals surface area contributed by atoms with Gasteiger partial charge in [-0.3, -0.25) is 18.9 Å². The Balaban J connectivity index is 2.04. The zero-order chi connectivity index (χ0) is 19.6. The van der Waals surface area contributed by atoms with Crippen molar-refractivity contribution in [3.63, 3.8) is 0 Å². The van der Waals surface area contributed by atoms with Crippen molar-refractivity contribution in [1.82, 2.24) is 19.1 Å². The van der Waals surface area contributed by atoms with Gasteiger partial charge in [0.25, 0.3) is 5.56 Å². The first-order valence-corrected chi connectivity index (χ1v) is 8.69. The van der Waals surface area contributed by atoms with E-state index in [2.05, 4.69) is 20.5 Å². The van der Waals surface area contributed by atoms with Crippen LogP contribution in [-0.4, -0.2) is 25.3 Å². The van der Waals surface area contributed by atoms with Gasteiger partial charge in [-0.25, -0.2) is 10.2 Å². The van der Waals surface area contributed by atoms with Crippen molar-refractivity contribution in [3.05, 3.63) is 66.8 Å². The molecule has 0 amide bonds. The standard InChI is InChI=1S/C17H16Cl2N6O2/c1-10(18)7-8-25-13-14(24(2)17(27)22-15(13)26)21-16(25)23-20-9-11-3-5-12(19)6-4-11/h3-7,9H,8H2,1-2H3,(H,21,23)(H,22,26,27)/b10-7-,20-9+. The van der Waals surface area contributed by atoms with Gasteiger partial charge in [-0.2, -0.15) is 10.1 Å². The maximum absolute atomic E-state index is 12.3. The number of hydrogen-bond donors (Lipinski definition) is 2. The fourth-order valence-corrected chi connectivity index (χ4v) is 2.62. The van der Waals surface area contributed by atoms with Crippen LogP contribution in [0.1, 0.15) is 12.5 Å². The predicted octanol–water partition coefficient (Wildman–Crippen LogP) is 2.67. The normalized spacial score (nSPS) is 12.2. The summed E-state index contributed by atoms with van der Waals surface area (Å²) in [6.07, 6.45) is 3.31. The van der Waals surface area contributed by atoms with E-state index in [0.717, 1.165) is 5.56 Å². The number of halogens is 2. The van der Waals surface area contributed by atoms with Crippen LogP contribution in [-0.2, 0) is 13.6 Å². The lowest BCUT2D eigenvalue weighted by Crippen LogP contribution is -2.29. The van der Waals surface area contributed by atoms with Gasteiger partial charge in [-0.05, 0) is 24.6 Å². The average Bonchev–Trinajstić information content (AvgIpc) is 2.99. The summed E-state index contributed by atoms with van der Waals surface area (Å²) in [7, 11) is 1.53. The summed E-state index contributed by atoms with van der Waals surface area (Å²) in [5.41, 5.74) is 3.06. The third-order valence-corrected chi connectivity index (χ3v) is 4.22. The predicted molar refractivity (Wildman–Crippen MR) is 108 cm³/mol. The molecule has 0 radical (unpaired) electrons. The van der Waals surface area contributed by atoms with Crippen molar-refractivity contribution in [2.24, 2.45) is 12.1 Å². The van der Waals surface area contributed by atoms with Crippen molar-refractivity contribution in [2.75, 3.05) is 5.43 Å². The number of anilines is 1. The molecule has 0 spiro atoms. The first kappa shape index (κ1) is 18.9. The monoisotopic (exact) mass is 406 g/mol. The van der Waals surface area contributed by atoms with Crippen molar-refractivity contribution in [3.8, 4) is 0 Å². The molecule has 0 fully saturated rings. The van der Waals surface area contributed by atoms with Crippen LogP contribution in [0.4, 0.5) is 5.95 Å². The highest BCUT2D eigenvalue weighted by atomic mass is 35.5. The first-order chi connectivity index (χ1) is 12.9. The Morgan fingerprint density at radius 2 is 2.04 bits per heavy atom. The van der Waals surface area contributed by atoms with Gasteiger partial charge in [-0.15, -0.1) is 0 Å². The number of rotatable bonds is 5. The van der Waals surface area contributed by atoms with E-state index in [9.17, 15) is 9.59 Å². The molecule has 8 nitrogen and oxygen atoms in total. The topological polar surface area (TPSA) is 97.1 Å². The maximum Gasteiger partial charge on any atom is 0.329 e. The molecule has 0 atom stereocenters. The third-order valence-electron chi connectivity index (χ3n) is 3.81. The average molecular weight is 407 g/mol. The minimum atomic E-state index is -0.544. The molecule has 3 aromatic rings. The SMILES string of the molecule is C/C(Cl)=C/Cn1c(N/N=C/c2ccc(Cl)cc2)nc2c1c(=O)[nH]c(=O)n2C. The molecule has 27 heavy (non-hydrogen) atoms. The zero-order valence-corrected chi connectivity index (χ0v) is 16.0. The van der Waals surface area contributed by atoms with E-state index in [-0.39, 0.29) is 17.7 Å². The number of nitrogens with zero attached hydrogens (tertiary/aromatic N) is 4. The molecule has 1 aromatic carbocycles. The highest BCUT2D eigenvalue weighted by Crippen LogP contribution is 2.16. The van der Waals surface area contributed by atoms with Crippen molar-refractivity contribution in [1.29, 1.82) is 0 Å². The van der Waals surface area contributed by atoms with Crippen LogP contribution in [0.2, 0.25) is 5.02 Å². The van der Waals surface area contributed by atoms with Crippen LogP contribution in [0.15, 0.2) is 50.1 Å². The van der Waals surface area contributed by atoms with E-state index in [0.29, 0.717) is 16.0 Å². The Hall–Kier alpha value is -2.84. The van der Waals surface area contributed by atoms with Crippen LogP contribution >= 0.6 is 23.2 Å². The number of hydrogen-bond acceptors (Lipinski definition) is 5. The zero-order valence-electron chi connectivity index (χ0n) is 14.5. The molecule has 0 bridgehead atoms. The van der Waals surface area contributed by atoms with Gasteiger partial charge in [0.1, 0.15) is 0 Å². The second kappa shape index (κ2) is 7.81. The second-order valence-corrected chi connectivity index (χ2v) is 6.78. The van der Waals surface area contributed by atoms with E-state index in [4.69, 9.17) is 23.2 Å².